The lowest BCUT2D eigenvalue weighted by Crippen LogP contribution is -2.13. The summed E-state index contributed by atoms with van der Waals surface area (Å²) in [4.78, 5) is 11.7. The van der Waals surface area contributed by atoms with Crippen molar-refractivity contribution in [2.24, 2.45) is 0 Å². The maximum absolute atomic E-state index is 11.7. The van der Waals surface area contributed by atoms with Gasteiger partial charge in [-0.2, -0.15) is 0 Å². The fourth-order valence-corrected chi connectivity index (χ4v) is 2.93. The molecule has 0 fully saturated rings. The topological polar surface area (TPSA) is 80.9 Å². The van der Waals surface area contributed by atoms with Crippen LogP contribution in [-0.2, 0) is 4.79 Å². The van der Waals surface area contributed by atoms with Gasteiger partial charge in [-0.15, -0.1) is 10.2 Å². The largest absolute Gasteiger partial charge is 0.374 e. The van der Waals surface area contributed by atoms with Gasteiger partial charge in [0.1, 0.15) is 0 Å². The third-order valence-electron chi connectivity index (χ3n) is 1.88. The predicted molar refractivity (Wildman–Crippen MR) is 82.8 cm³/mol. The Balaban J connectivity index is 1.83. The Morgan fingerprint density at radius 2 is 2.11 bits per heavy atom. The molecule has 0 bridgehead atoms. The second kappa shape index (κ2) is 6.34. The average molecular weight is 392 g/mol. The zero-order valence-corrected chi connectivity index (χ0v) is 12.9. The minimum atomic E-state index is -0.0741. The Labute approximate surface area is 126 Å². The van der Waals surface area contributed by atoms with E-state index in [9.17, 15) is 4.79 Å². The molecule has 8 heteroatoms. The number of aromatic nitrogens is 2. The lowest BCUT2D eigenvalue weighted by Gasteiger charge is -2.03. The third kappa shape index (κ3) is 4.10. The Kier molecular flexibility index (Phi) is 4.78. The highest BCUT2D eigenvalue weighted by Gasteiger charge is 2.07. The molecule has 0 atom stereocenters. The summed E-state index contributed by atoms with van der Waals surface area (Å²) in [7, 11) is 0. The monoisotopic (exact) mass is 392 g/mol. The van der Waals surface area contributed by atoms with Crippen LogP contribution in [0.1, 0.15) is 0 Å². The van der Waals surface area contributed by atoms with Crippen LogP contribution in [0, 0.1) is 3.57 Å². The molecule has 0 aliphatic rings. The first-order valence-corrected chi connectivity index (χ1v) is 7.79. The van der Waals surface area contributed by atoms with Crippen molar-refractivity contribution >= 4 is 62.4 Å². The van der Waals surface area contributed by atoms with E-state index in [2.05, 4.69) is 38.1 Å². The van der Waals surface area contributed by atoms with E-state index >= 15 is 0 Å². The SMILES string of the molecule is Nc1nnc(SCC(=O)Nc2ccc(I)cc2)s1. The van der Waals surface area contributed by atoms with Gasteiger partial charge in [-0.1, -0.05) is 23.1 Å². The number of rotatable bonds is 4. The third-order valence-corrected chi connectivity index (χ3v) is 4.48. The van der Waals surface area contributed by atoms with Gasteiger partial charge in [0.05, 0.1) is 5.75 Å². The van der Waals surface area contributed by atoms with Crippen molar-refractivity contribution in [3.63, 3.8) is 0 Å². The molecule has 0 radical (unpaired) electrons. The quantitative estimate of drug-likeness (QED) is 0.617. The number of nitrogens with one attached hydrogen (secondary N) is 1. The number of hydrogen-bond acceptors (Lipinski definition) is 6. The molecule has 0 spiro atoms. The molecule has 2 aromatic rings. The molecule has 94 valence electrons. The van der Waals surface area contributed by atoms with E-state index in [1.165, 1.54) is 23.1 Å². The van der Waals surface area contributed by atoms with Crippen molar-refractivity contribution in [1.82, 2.24) is 10.2 Å². The maximum Gasteiger partial charge on any atom is 0.234 e. The molecule has 0 saturated carbocycles. The van der Waals surface area contributed by atoms with Crippen LogP contribution >= 0.6 is 45.7 Å². The van der Waals surface area contributed by atoms with Crippen molar-refractivity contribution in [2.45, 2.75) is 4.34 Å². The second-order valence-corrected chi connectivity index (χ2v) is 6.73. The zero-order valence-electron chi connectivity index (χ0n) is 9.09. The summed E-state index contributed by atoms with van der Waals surface area (Å²) in [5, 5.41) is 10.7. The highest BCUT2D eigenvalue weighted by atomic mass is 127. The number of thioether (sulfide) groups is 1. The van der Waals surface area contributed by atoms with Crippen LogP contribution in [-0.4, -0.2) is 21.9 Å². The highest BCUT2D eigenvalue weighted by Crippen LogP contribution is 2.23. The van der Waals surface area contributed by atoms with Crippen molar-refractivity contribution in [3.8, 4) is 0 Å². The summed E-state index contributed by atoms with van der Waals surface area (Å²) in [6.45, 7) is 0. The van der Waals surface area contributed by atoms with Crippen molar-refractivity contribution in [2.75, 3.05) is 16.8 Å². The fraction of sp³-hybridized carbons (Fsp3) is 0.100. The normalized spacial score (nSPS) is 10.3. The molecule has 0 aliphatic heterocycles. The minimum absolute atomic E-state index is 0.0741. The lowest BCUT2D eigenvalue weighted by molar-refractivity contribution is -0.113. The van der Waals surface area contributed by atoms with Crippen molar-refractivity contribution in [1.29, 1.82) is 0 Å². The van der Waals surface area contributed by atoms with Crippen LogP contribution < -0.4 is 11.1 Å². The van der Waals surface area contributed by atoms with E-state index in [-0.39, 0.29) is 5.91 Å². The van der Waals surface area contributed by atoms with Gasteiger partial charge in [0.25, 0.3) is 0 Å². The average Bonchev–Trinajstić information content (AvgIpc) is 2.76. The standard InChI is InChI=1S/C10H9IN4OS2/c11-6-1-3-7(4-2-6)13-8(16)5-17-10-15-14-9(12)18-10/h1-4H,5H2,(H2,12,14)(H,13,16). The first-order valence-electron chi connectivity index (χ1n) is 4.90. The molecule has 1 aromatic heterocycles. The second-order valence-electron chi connectivity index (χ2n) is 3.25. The van der Waals surface area contributed by atoms with Crippen molar-refractivity contribution < 1.29 is 4.79 Å². The van der Waals surface area contributed by atoms with Gasteiger partial charge in [0.15, 0.2) is 4.34 Å². The summed E-state index contributed by atoms with van der Waals surface area (Å²) in [6, 6.07) is 7.62. The predicted octanol–water partition coefficient (Wildman–Crippen LogP) is 2.46. The molecule has 1 heterocycles. The van der Waals surface area contributed by atoms with Crippen LogP contribution in [0.2, 0.25) is 0 Å². The number of carbonyl (C=O) groups excluding carboxylic acids is 1. The molecule has 5 nitrogen and oxygen atoms in total. The van der Waals surface area contributed by atoms with Crippen LogP contribution in [0.4, 0.5) is 10.8 Å². The smallest absolute Gasteiger partial charge is 0.234 e. The number of hydrogen-bond donors (Lipinski definition) is 2. The zero-order chi connectivity index (χ0) is 13.0. The minimum Gasteiger partial charge on any atom is -0.374 e. The van der Waals surface area contributed by atoms with Crippen molar-refractivity contribution in [3.05, 3.63) is 27.8 Å². The number of nitrogen functional groups attached to an aromatic ring is 1. The van der Waals surface area contributed by atoms with E-state index in [4.69, 9.17) is 5.73 Å². The Morgan fingerprint density at radius 3 is 2.72 bits per heavy atom. The number of nitrogens with zero attached hydrogens (tertiary/aromatic N) is 2. The van der Waals surface area contributed by atoms with Gasteiger partial charge in [0, 0.05) is 9.26 Å². The summed E-state index contributed by atoms with van der Waals surface area (Å²) < 4.78 is 1.83. The maximum atomic E-state index is 11.7. The Hall–Kier alpha value is -0.870. The molecular formula is C10H9IN4OS2. The molecule has 0 saturated heterocycles. The van der Waals surface area contributed by atoms with E-state index in [1.807, 2.05) is 24.3 Å². The number of carbonyl (C=O) groups is 1. The van der Waals surface area contributed by atoms with Gasteiger partial charge in [0.2, 0.25) is 11.0 Å². The molecule has 0 aliphatic carbocycles. The molecule has 1 amide bonds. The lowest BCUT2D eigenvalue weighted by atomic mass is 10.3. The fourth-order valence-electron chi connectivity index (χ4n) is 1.14. The first kappa shape index (κ1) is 13.6. The van der Waals surface area contributed by atoms with Gasteiger partial charge in [-0.05, 0) is 46.9 Å². The molecule has 3 N–H and O–H groups in total. The molecule has 0 unspecified atom stereocenters. The Bertz CT molecular complexity index is 543. The molecule has 1 aromatic carbocycles. The van der Waals surface area contributed by atoms with Gasteiger partial charge in [-0.3, -0.25) is 4.79 Å². The summed E-state index contributed by atoms with van der Waals surface area (Å²) in [6.07, 6.45) is 0. The van der Waals surface area contributed by atoms with Crippen LogP contribution in [0.3, 0.4) is 0 Å². The van der Waals surface area contributed by atoms with Gasteiger partial charge < -0.3 is 11.1 Å². The number of anilines is 2. The first-order chi connectivity index (χ1) is 8.63. The number of nitrogens with two attached hydrogens (primary N) is 1. The molecule has 2 rings (SSSR count). The van der Waals surface area contributed by atoms with E-state index < -0.39 is 0 Å². The van der Waals surface area contributed by atoms with E-state index in [0.29, 0.717) is 15.2 Å². The highest BCUT2D eigenvalue weighted by molar-refractivity contribution is 14.1. The number of benzene rings is 1. The van der Waals surface area contributed by atoms with Crippen LogP contribution in [0.5, 0.6) is 0 Å². The summed E-state index contributed by atoms with van der Waals surface area (Å²) >= 11 is 4.81. The van der Waals surface area contributed by atoms with E-state index in [0.717, 1.165) is 9.26 Å². The van der Waals surface area contributed by atoms with E-state index in [1.54, 1.807) is 0 Å². The van der Waals surface area contributed by atoms with Gasteiger partial charge >= 0.3 is 0 Å². The molecule has 18 heavy (non-hydrogen) atoms. The molecular weight excluding hydrogens is 383 g/mol. The Morgan fingerprint density at radius 1 is 1.39 bits per heavy atom. The summed E-state index contributed by atoms with van der Waals surface area (Å²) in [5.41, 5.74) is 6.24. The summed E-state index contributed by atoms with van der Waals surface area (Å²) in [5.74, 6) is 0.218. The van der Waals surface area contributed by atoms with Gasteiger partial charge in [-0.25, -0.2) is 0 Å². The number of halogens is 1. The number of amides is 1. The van der Waals surface area contributed by atoms with Crippen LogP contribution in [0.15, 0.2) is 28.6 Å². The van der Waals surface area contributed by atoms with Crippen LogP contribution in [0.25, 0.3) is 0 Å².